The Hall–Kier alpha value is -3.84. The summed E-state index contributed by atoms with van der Waals surface area (Å²) in [6, 6.07) is 12.3. The number of carbonyl (C=O) groups excluding carboxylic acids is 2. The highest BCUT2D eigenvalue weighted by atomic mass is 79.9. The number of nitrogens with zero attached hydrogens (tertiary/aromatic N) is 7. The predicted octanol–water partition coefficient (Wildman–Crippen LogP) is 5.79. The molecule has 2 aliphatic heterocycles. The first-order valence-electron chi connectivity index (χ1n) is 16.0. The number of aryl methyl sites for hydroxylation is 2. The van der Waals surface area contributed by atoms with Gasteiger partial charge in [0.2, 0.25) is 0 Å². The van der Waals surface area contributed by atoms with Gasteiger partial charge in [-0.1, -0.05) is 28.1 Å². The molecule has 2 amide bonds. The van der Waals surface area contributed by atoms with Crippen LogP contribution >= 0.6 is 15.9 Å². The summed E-state index contributed by atoms with van der Waals surface area (Å²) in [7, 11) is 3.89. The highest BCUT2D eigenvalue weighted by molar-refractivity contribution is 9.10. The van der Waals surface area contributed by atoms with Gasteiger partial charge in [-0.3, -0.25) is 9.36 Å². The van der Waals surface area contributed by atoms with Gasteiger partial charge in [0.25, 0.3) is 0 Å². The number of carbonyl (C=O) groups is 2. The van der Waals surface area contributed by atoms with E-state index in [1.807, 2.05) is 95.6 Å². The van der Waals surface area contributed by atoms with Crippen LogP contribution in [0.3, 0.4) is 0 Å². The van der Waals surface area contributed by atoms with E-state index < -0.39 is 5.60 Å². The Balaban J connectivity index is 0.000000176. The number of benzene rings is 2. The van der Waals surface area contributed by atoms with Crippen LogP contribution in [0, 0.1) is 0 Å². The van der Waals surface area contributed by atoms with Crippen molar-refractivity contribution in [2.45, 2.75) is 52.7 Å². The number of piperazine rings is 2. The Kier molecular flexibility index (Phi) is 11.8. The largest absolute Gasteiger partial charge is 0.444 e. The number of rotatable bonds is 1. The summed E-state index contributed by atoms with van der Waals surface area (Å²) in [5, 5.41) is 14.0. The normalized spacial score (nSPS) is 15.5. The fraction of sp³-hybridized carbons (Fsp3) is 0.529. The zero-order valence-electron chi connectivity index (χ0n) is 28.9. The molecule has 0 bridgehead atoms. The lowest BCUT2D eigenvalue weighted by Crippen LogP contribution is -2.50. The van der Waals surface area contributed by atoms with Crippen LogP contribution in [0.15, 0.2) is 53.3 Å². The van der Waals surface area contributed by atoms with E-state index in [4.69, 9.17) is 9.47 Å². The zero-order valence-corrected chi connectivity index (χ0v) is 30.5. The Labute approximate surface area is 286 Å². The molecule has 4 aromatic rings. The molecule has 2 aromatic carbocycles. The average molecular weight is 714 g/mol. The van der Waals surface area contributed by atoms with Crippen LogP contribution < -0.4 is 10.2 Å². The highest BCUT2D eigenvalue weighted by Gasteiger charge is 2.27. The Morgan fingerprint density at radius 3 is 1.68 bits per heavy atom. The third kappa shape index (κ3) is 10.1. The van der Waals surface area contributed by atoms with E-state index in [1.165, 1.54) is 5.69 Å². The van der Waals surface area contributed by atoms with Crippen molar-refractivity contribution < 1.29 is 19.1 Å². The molecule has 12 nitrogen and oxygen atoms in total. The van der Waals surface area contributed by atoms with Crippen LogP contribution in [0.5, 0.6) is 0 Å². The fourth-order valence-corrected chi connectivity index (χ4v) is 5.67. The number of hydrogen-bond donors (Lipinski definition) is 1. The summed E-state index contributed by atoms with van der Waals surface area (Å²) in [5.74, 6) is 0. The SMILES string of the molecule is CC(C)(C)OC(=O)N1CCNCC1.Cn1ncc2c(Br)cccc21.Cn1ncc2c(N3CCN(C(=O)OC(C)(C)C)CC3)cccc21. The van der Waals surface area contributed by atoms with Gasteiger partial charge in [-0.25, -0.2) is 9.59 Å². The van der Waals surface area contributed by atoms with E-state index in [-0.39, 0.29) is 17.8 Å². The Morgan fingerprint density at radius 2 is 1.17 bits per heavy atom. The third-order valence-corrected chi connectivity index (χ3v) is 8.24. The molecular weight excluding hydrogens is 664 g/mol. The lowest BCUT2D eigenvalue weighted by atomic mass is 10.2. The van der Waals surface area contributed by atoms with Crippen molar-refractivity contribution in [1.82, 2.24) is 34.7 Å². The molecule has 47 heavy (non-hydrogen) atoms. The molecule has 13 heteroatoms. The minimum absolute atomic E-state index is 0.200. The maximum atomic E-state index is 12.1. The molecule has 256 valence electrons. The molecule has 1 N–H and O–H groups in total. The van der Waals surface area contributed by atoms with Crippen molar-refractivity contribution in [2.75, 3.05) is 57.3 Å². The van der Waals surface area contributed by atoms with Crippen LogP contribution in [-0.4, -0.2) is 105 Å². The van der Waals surface area contributed by atoms with Gasteiger partial charge in [-0.15, -0.1) is 0 Å². The fourth-order valence-electron chi connectivity index (χ4n) is 5.21. The first kappa shape index (κ1) is 36.0. The molecule has 6 rings (SSSR count). The van der Waals surface area contributed by atoms with Crippen LogP contribution in [-0.2, 0) is 23.6 Å². The molecular formula is C34H49BrN8O4. The van der Waals surface area contributed by atoms with Gasteiger partial charge in [0.1, 0.15) is 11.2 Å². The standard InChI is InChI=1S/C17H24N4O2.C9H18N2O2.C8H7BrN2/c1-17(2,3)23-16(22)21-10-8-20(9-11-21)15-7-5-6-14-13(15)12-18-19(14)4;1-9(2,3)13-8(12)11-6-4-10-5-7-11;1-11-8-4-2-3-7(9)6(8)5-10-11/h5-7,12H,8-11H2,1-4H3;10H,4-7H2,1-3H3;2-5H,1H3. The predicted molar refractivity (Wildman–Crippen MR) is 190 cm³/mol. The quantitative estimate of drug-likeness (QED) is 0.264. The molecule has 2 saturated heterocycles. The van der Waals surface area contributed by atoms with E-state index in [9.17, 15) is 9.59 Å². The van der Waals surface area contributed by atoms with E-state index in [2.05, 4.69) is 54.5 Å². The maximum Gasteiger partial charge on any atom is 0.410 e. The number of amides is 2. The van der Waals surface area contributed by atoms with Gasteiger partial charge in [-0.2, -0.15) is 10.2 Å². The molecule has 2 aromatic heterocycles. The monoisotopic (exact) mass is 712 g/mol. The maximum absolute atomic E-state index is 12.1. The summed E-state index contributed by atoms with van der Waals surface area (Å²) >= 11 is 3.46. The zero-order chi connectivity index (χ0) is 34.4. The first-order valence-corrected chi connectivity index (χ1v) is 16.8. The van der Waals surface area contributed by atoms with Gasteiger partial charge < -0.3 is 29.5 Å². The van der Waals surface area contributed by atoms with Crippen LogP contribution in [0.1, 0.15) is 41.5 Å². The van der Waals surface area contributed by atoms with Crippen molar-refractivity contribution in [1.29, 1.82) is 0 Å². The Bertz CT molecular complexity index is 1640. The molecule has 0 atom stereocenters. The first-order chi connectivity index (χ1) is 22.1. The van der Waals surface area contributed by atoms with E-state index in [1.54, 1.807) is 9.80 Å². The van der Waals surface area contributed by atoms with E-state index >= 15 is 0 Å². The van der Waals surface area contributed by atoms with E-state index in [0.29, 0.717) is 13.1 Å². The smallest absolute Gasteiger partial charge is 0.410 e. The second kappa shape index (κ2) is 15.4. The third-order valence-electron chi connectivity index (χ3n) is 7.55. The number of anilines is 1. The van der Waals surface area contributed by atoms with Crippen molar-refractivity contribution >= 4 is 55.6 Å². The van der Waals surface area contributed by atoms with Gasteiger partial charge in [0, 0.05) is 87.4 Å². The molecule has 4 heterocycles. The molecule has 0 saturated carbocycles. The van der Waals surface area contributed by atoms with Crippen LogP contribution in [0.25, 0.3) is 21.8 Å². The number of halogens is 1. The summed E-state index contributed by atoms with van der Waals surface area (Å²) in [6.45, 7) is 17.5. The van der Waals surface area contributed by atoms with Crippen molar-refractivity contribution in [3.8, 4) is 0 Å². The molecule has 2 aliphatic rings. The summed E-state index contributed by atoms with van der Waals surface area (Å²) < 4.78 is 15.5. The average Bonchev–Trinajstić information content (AvgIpc) is 3.59. The van der Waals surface area contributed by atoms with Crippen LogP contribution in [0.4, 0.5) is 15.3 Å². The molecule has 0 radical (unpaired) electrons. The van der Waals surface area contributed by atoms with Crippen molar-refractivity contribution in [2.24, 2.45) is 14.1 Å². The number of hydrogen-bond acceptors (Lipinski definition) is 8. The van der Waals surface area contributed by atoms with Gasteiger partial charge >= 0.3 is 12.2 Å². The second-order valence-electron chi connectivity index (χ2n) is 13.6. The number of ether oxygens (including phenoxy) is 2. The molecule has 2 fully saturated rings. The Morgan fingerprint density at radius 1 is 0.702 bits per heavy atom. The van der Waals surface area contributed by atoms with Crippen LogP contribution in [0.2, 0.25) is 0 Å². The summed E-state index contributed by atoms with van der Waals surface area (Å²) in [5.41, 5.74) is 2.62. The number of fused-ring (bicyclic) bond motifs is 2. The van der Waals surface area contributed by atoms with Crippen molar-refractivity contribution in [3.05, 3.63) is 53.3 Å². The van der Waals surface area contributed by atoms with Crippen molar-refractivity contribution in [3.63, 3.8) is 0 Å². The summed E-state index contributed by atoms with van der Waals surface area (Å²) in [4.78, 5) is 29.5. The lowest BCUT2D eigenvalue weighted by Gasteiger charge is -2.37. The molecule has 0 unspecified atom stereocenters. The van der Waals surface area contributed by atoms with Gasteiger partial charge in [0.15, 0.2) is 0 Å². The highest BCUT2D eigenvalue weighted by Crippen LogP contribution is 2.27. The minimum Gasteiger partial charge on any atom is -0.444 e. The number of aromatic nitrogens is 4. The van der Waals surface area contributed by atoms with E-state index in [0.717, 1.165) is 65.5 Å². The molecule has 0 aliphatic carbocycles. The minimum atomic E-state index is -0.449. The lowest BCUT2D eigenvalue weighted by molar-refractivity contribution is 0.0223. The topological polar surface area (TPSA) is 110 Å². The van der Waals surface area contributed by atoms with Gasteiger partial charge in [0.05, 0.1) is 23.4 Å². The van der Waals surface area contributed by atoms with Gasteiger partial charge in [-0.05, 0) is 65.8 Å². The molecule has 0 spiro atoms. The second-order valence-corrected chi connectivity index (χ2v) is 14.4. The summed E-state index contributed by atoms with van der Waals surface area (Å²) in [6.07, 6.45) is 3.34. The number of nitrogens with one attached hydrogen (secondary N) is 1.